The zero-order chi connectivity index (χ0) is 13.4. The summed E-state index contributed by atoms with van der Waals surface area (Å²) in [5, 5.41) is 4.96. The van der Waals surface area contributed by atoms with Gasteiger partial charge in [0.2, 0.25) is 5.91 Å². The summed E-state index contributed by atoms with van der Waals surface area (Å²) in [6.45, 7) is 3.71. The molecular weight excluding hydrogens is 274 g/mol. The number of thiophene rings is 1. The van der Waals surface area contributed by atoms with E-state index in [-0.39, 0.29) is 18.0 Å². The predicted molar refractivity (Wildman–Crippen MR) is 72.2 cm³/mol. The van der Waals surface area contributed by atoms with Crippen LogP contribution in [-0.4, -0.2) is 15.7 Å². The number of rotatable bonds is 3. The fourth-order valence-electron chi connectivity index (χ4n) is 1.74. The van der Waals surface area contributed by atoms with E-state index in [2.05, 4.69) is 5.10 Å². The van der Waals surface area contributed by atoms with Gasteiger partial charge in [0.05, 0.1) is 10.0 Å². The Labute approximate surface area is 112 Å². The number of carbonyl (C=O) groups is 1. The van der Waals surface area contributed by atoms with Crippen molar-refractivity contribution in [2.45, 2.75) is 26.3 Å². The molecule has 0 atom stereocenters. The van der Waals surface area contributed by atoms with Crippen LogP contribution in [0.25, 0.3) is 10.1 Å². The summed E-state index contributed by atoms with van der Waals surface area (Å²) in [4.78, 5) is 23.0. The molecule has 2 rings (SSSR count). The number of halogens is 1. The Balaban J connectivity index is 2.78. The highest BCUT2D eigenvalue weighted by Gasteiger charge is 2.16. The molecule has 0 radical (unpaired) electrons. The molecule has 2 aromatic heterocycles. The van der Waals surface area contributed by atoms with Crippen LogP contribution in [0.3, 0.4) is 0 Å². The first kappa shape index (κ1) is 13.0. The maximum Gasteiger partial charge on any atom is 0.285 e. The molecule has 0 unspecified atom stereocenters. The molecule has 0 saturated carbocycles. The minimum atomic E-state index is -0.596. The number of carbonyl (C=O) groups excluding carboxylic acids is 1. The van der Waals surface area contributed by atoms with E-state index in [0.29, 0.717) is 9.04 Å². The maximum atomic E-state index is 12.1. The van der Waals surface area contributed by atoms with E-state index in [1.54, 1.807) is 6.07 Å². The van der Waals surface area contributed by atoms with E-state index in [1.807, 2.05) is 13.8 Å². The van der Waals surface area contributed by atoms with Crippen LogP contribution in [-0.2, 0) is 11.3 Å². The van der Waals surface area contributed by atoms with Crippen molar-refractivity contribution in [3.8, 4) is 0 Å². The van der Waals surface area contributed by atoms with Gasteiger partial charge in [-0.1, -0.05) is 25.4 Å². The highest BCUT2D eigenvalue weighted by Crippen LogP contribution is 2.31. The molecule has 0 aliphatic rings. The molecule has 0 aliphatic heterocycles. The molecule has 0 saturated heterocycles. The van der Waals surface area contributed by atoms with Crippen molar-refractivity contribution in [3.63, 3.8) is 0 Å². The molecule has 1 amide bonds. The fourth-order valence-corrected chi connectivity index (χ4v) is 2.92. The summed E-state index contributed by atoms with van der Waals surface area (Å²) in [5.41, 5.74) is 5.52. The molecule has 7 heteroatoms. The number of aromatic nitrogens is 2. The van der Waals surface area contributed by atoms with Gasteiger partial charge in [-0.25, -0.2) is 4.68 Å². The number of fused-ring (bicyclic) bond motifs is 1. The summed E-state index contributed by atoms with van der Waals surface area (Å²) in [6.07, 6.45) is 0. The summed E-state index contributed by atoms with van der Waals surface area (Å²) >= 11 is 7.13. The standard InChI is InChI=1S/C11H12ClN3O2S/c1-5(2)9-6-3-7(12)18-10(6)11(17)15(14-9)4-8(13)16/h3,5H,4H2,1-2H3,(H2,13,16). The zero-order valence-electron chi connectivity index (χ0n) is 9.94. The first-order valence-corrected chi connectivity index (χ1v) is 6.58. The number of primary amides is 1. The number of hydrogen-bond donors (Lipinski definition) is 1. The van der Waals surface area contributed by atoms with Gasteiger partial charge >= 0.3 is 0 Å². The number of nitrogens with two attached hydrogens (primary N) is 1. The van der Waals surface area contributed by atoms with Gasteiger partial charge in [0.15, 0.2) is 0 Å². The van der Waals surface area contributed by atoms with Crippen LogP contribution in [0.1, 0.15) is 25.5 Å². The Kier molecular flexibility index (Phi) is 3.41. The highest BCUT2D eigenvalue weighted by atomic mass is 35.5. The third-order valence-electron chi connectivity index (χ3n) is 2.49. The summed E-state index contributed by atoms with van der Waals surface area (Å²) in [5.74, 6) is -0.473. The molecule has 2 N–H and O–H groups in total. The van der Waals surface area contributed by atoms with Crippen LogP contribution in [0.15, 0.2) is 10.9 Å². The Morgan fingerprint density at radius 3 is 2.83 bits per heavy atom. The lowest BCUT2D eigenvalue weighted by atomic mass is 10.1. The maximum absolute atomic E-state index is 12.1. The molecule has 0 aliphatic carbocycles. The van der Waals surface area contributed by atoms with Gasteiger partial charge in [0, 0.05) is 5.39 Å². The summed E-state index contributed by atoms with van der Waals surface area (Å²) < 4.78 is 2.15. The van der Waals surface area contributed by atoms with Gasteiger partial charge in [-0.05, 0) is 12.0 Å². The van der Waals surface area contributed by atoms with Crippen LogP contribution < -0.4 is 11.3 Å². The lowest BCUT2D eigenvalue weighted by Crippen LogP contribution is -2.30. The molecule has 2 aromatic rings. The second-order valence-electron chi connectivity index (χ2n) is 4.26. The minimum absolute atomic E-state index is 0.123. The van der Waals surface area contributed by atoms with E-state index in [4.69, 9.17) is 17.3 Å². The molecule has 0 fully saturated rings. The first-order chi connectivity index (χ1) is 8.40. The lowest BCUT2D eigenvalue weighted by molar-refractivity contribution is -0.118. The Bertz CT molecular complexity index is 675. The highest BCUT2D eigenvalue weighted by molar-refractivity contribution is 7.22. The van der Waals surface area contributed by atoms with E-state index >= 15 is 0 Å². The Morgan fingerprint density at radius 1 is 1.61 bits per heavy atom. The molecule has 0 spiro atoms. The average Bonchev–Trinajstić information content (AvgIpc) is 2.63. The van der Waals surface area contributed by atoms with Crippen molar-refractivity contribution in [1.82, 2.24) is 9.78 Å². The number of nitrogens with zero attached hydrogens (tertiary/aromatic N) is 2. The van der Waals surface area contributed by atoms with E-state index in [1.165, 1.54) is 11.3 Å². The van der Waals surface area contributed by atoms with Crippen molar-refractivity contribution >= 4 is 38.9 Å². The third-order valence-corrected chi connectivity index (χ3v) is 3.74. The largest absolute Gasteiger partial charge is 0.368 e. The SMILES string of the molecule is CC(C)c1nn(CC(N)=O)c(=O)c2sc(Cl)cc12. The molecule has 0 bridgehead atoms. The van der Waals surface area contributed by atoms with Crippen molar-refractivity contribution in [2.24, 2.45) is 5.73 Å². The minimum Gasteiger partial charge on any atom is -0.368 e. The average molecular weight is 286 g/mol. The molecule has 5 nitrogen and oxygen atoms in total. The number of hydrogen-bond acceptors (Lipinski definition) is 4. The van der Waals surface area contributed by atoms with E-state index in [9.17, 15) is 9.59 Å². The molecule has 2 heterocycles. The van der Waals surface area contributed by atoms with Crippen molar-refractivity contribution in [1.29, 1.82) is 0 Å². The van der Waals surface area contributed by atoms with Crippen LogP contribution >= 0.6 is 22.9 Å². The molecular formula is C11H12ClN3O2S. The number of amides is 1. The van der Waals surface area contributed by atoms with Crippen molar-refractivity contribution in [2.75, 3.05) is 0 Å². The van der Waals surface area contributed by atoms with Crippen molar-refractivity contribution in [3.05, 3.63) is 26.5 Å². The van der Waals surface area contributed by atoms with Gasteiger partial charge in [-0.2, -0.15) is 5.10 Å². The zero-order valence-corrected chi connectivity index (χ0v) is 11.5. The van der Waals surface area contributed by atoms with Gasteiger partial charge in [0.25, 0.3) is 5.56 Å². The topological polar surface area (TPSA) is 78.0 Å². The first-order valence-electron chi connectivity index (χ1n) is 5.38. The van der Waals surface area contributed by atoms with Gasteiger partial charge in [0.1, 0.15) is 11.2 Å². The van der Waals surface area contributed by atoms with Crippen LogP contribution in [0.2, 0.25) is 4.34 Å². The van der Waals surface area contributed by atoms with Crippen LogP contribution in [0.5, 0.6) is 0 Å². The van der Waals surface area contributed by atoms with Crippen molar-refractivity contribution < 1.29 is 4.79 Å². The molecule has 0 aromatic carbocycles. The van der Waals surface area contributed by atoms with Gasteiger partial charge < -0.3 is 5.73 Å². The Hall–Kier alpha value is -1.40. The third kappa shape index (κ3) is 2.26. The summed E-state index contributed by atoms with van der Waals surface area (Å²) in [6, 6.07) is 1.74. The second kappa shape index (κ2) is 4.70. The van der Waals surface area contributed by atoms with E-state index < -0.39 is 5.91 Å². The lowest BCUT2D eigenvalue weighted by Gasteiger charge is -2.09. The van der Waals surface area contributed by atoms with Gasteiger partial charge in [-0.3, -0.25) is 9.59 Å². The normalized spacial score (nSPS) is 11.3. The van der Waals surface area contributed by atoms with E-state index in [0.717, 1.165) is 15.8 Å². The smallest absolute Gasteiger partial charge is 0.285 e. The quantitative estimate of drug-likeness (QED) is 0.933. The predicted octanol–water partition coefficient (Wildman–Crippen LogP) is 1.72. The van der Waals surface area contributed by atoms with Gasteiger partial charge in [-0.15, -0.1) is 11.3 Å². The second-order valence-corrected chi connectivity index (χ2v) is 5.95. The van der Waals surface area contributed by atoms with Crippen LogP contribution in [0.4, 0.5) is 0 Å². The summed E-state index contributed by atoms with van der Waals surface area (Å²) in [7, 11) is 0. The Morgan fingerprint density at radius 2 is 2.28 bits per heavy atom. The fraction of sp³-hybridized carbons (Fsp3) is 0.364. The molecule has 96 valence electrons. The monoisotopic (exact) mass is 285 g/mol. The molecule has 18 heavy (non-hydrogen) atoms. The van der Waals surface area contributed by atoms with Crippen LogP contribution in [0, 0.1) is 0 Å².